The van der Waals surface area contributed by atoms with Crippen LogP contribution in [-0.2, 0) is 11.2 Å². The highest BCUT2D eigenvalue weighted by Gasteiger charge is 2.16. The SMILES string of the molecule is CNC(Cc1ccc(-c2noc(-c3ccc(-c4cccc(C#N)c4)cc3)n2)cc1)C(=O)O. The summed E-state index contributed by atoms with van der Waals surface area (Å²) >= 11 is 0. The predicted molar refractivity (Wildman–Crippen MR) is 120 cm³/mol. The molecule has 0 aliphatic rings. The molecule has 0 bridgehead atoms. The van der Waals surface area contributed by atoms with E-state index in [1.54, 1.807) is 13.1 Å². The molecular weight excluding hydrogens is 404 g/mol. The van der Waals surface area contributed by atoms with E-state index in [9.17, 15) is 9.90 Å². The van der Waals surface area contributed by atoms with Crippen LogP contribution >= 0.6 is 0 Å². The number of nitrogens with zero attached hydrogens (tertiary/aromatic N) is 3. The van der Waals surface area contributed by atoms with Crippen LogP contribution in [0, 0.1) is 11.3 Å². The number of nitrogens with one attached hydrogen (secondary N) is 1. The first-order valence-electron chi connectivity index (χ1n) is 10.0. The van der Waals surface area contributed by atoms with Crippen molar-refractivity contribution in [3.63, 3.8) is 0 Å². The van der Waals surface area contributed by atoms with Crippen molar-refractivity contribution in [2.45, 2.75) is 12.5 Å². The molecule has 0 saturated carbocycles. The van der Waals surface area contributed by atoms with Gasteiger partial charge in [0, 0.05) is 11.1 Å². The lowest BCUT2D eigenvalue weighted by Crippen LogP contribution is -2.35. The van der Waals surface area contributed by atoms with Gasteiger partial charge in [-0.3, -0.25) is 4.79 Å². The maximum absolute atomic E-state index is 11.2. The topological polar surface area (TPSA) is 112 Å². The van der Waals surface area contributed by atoms with Gasteiger partial charge >= 0.3 is 5.97 Å². The van der Waals surface area contributed by atoms with Gasteiger partial charge in [-0.25, -0.2) is 0 Å². The summed E-state index contributed by atoms with van der Waals surface area (Å²) in [5.41, 5.74) is 5.04. The summed E-state index contributed by atoms with van der Waals surface area (Å²) in [6, 6.07) is 24.1. The van der Waals surface area contributed by atoms with Crippen LogP contribution in [0.2, 0.25) is 0 Å². The Morgan fingerprint density at radius 1 is 1.03 bits per heavy atom. The van der Waals surface area contributed by atoms with E-state index < -0.39 is 12.0 Å². The van der Waals surface area contributed by atoms with E-state index in [0.717, 1.165) is 27.8 Å². The quantitative estimate of drug-likeness (QED) is 0.458. The Kier molecular flexibility index (Phi) is 6.06. The molecule has 3 aromatic carbocycles. The molecule has 0 saturated heterocycles. The Bertz CT molecular complexity index is 1270. The monoisotopic (exact) mass is 424 g/mol. The second-order valence-corrected chi connectivity index (χ2v) is 7.27. The van der Waals surface area contributed by atoms with Crippen LogP contribution in [0.5, 0.6) is 0 Å². The molecule has 1 unspecified atom stereocenters. The minimum absolute atomic E-state index is 0.382. The van der Waals surface area contributed by atoms with Crippen molar-refractivity contribution in [1.29, 1.82) is 5.26 Å². The largest absolute Gasteiger partial charge is 0.480 e. The van der Waals surface area contributed by atoms with Crippen molar-refractivity contribution >= 4 is 5.97 Å². The van der Waals surface area contributed by atoms with Gasteiger partial charge in [0.25, 0.3) is 5.89 Å². The molecule has 0 amide bonds. The summed E-state index contributed by atoms with van der Waals surface area (Å²) < 4.78 is 5.44. The molecule has 2 N–H and O–H groups in total. The summed E-state index contributed by atoms with van der Waals surface area (Å²) in [4.78, 5) is 15.7. The molecule has 4 aromatic rings. The number of benzene rings is 3. The molecule has 1 aromatic heterocycles. The van der Waals surface area contributed by atoms with Gasteiger partial charge in [0.05, 0.1) is 11.6 Å². The number of nitriles is 1. The Labute approximate surface area is 185 Å². The standard InChI is InChI=1S/C25H20N4O3/c1-27-22(25(30)31)14-16-5-7-19(8-6-16)23-28-24(32-29-23)20-11-9-18(10-12-20)21-4-2-3-17(13-21)15-26/h2-13,22,27H,14H2,1H3,(H,30,31). The summed E-state index contributed by atoms with van der Waals surface area (Å²) in [5, 5.41) is 25.1. The number of hydrogen-bond donors (Lipinski definition) is 2. The zero-order valence-electron chi connectivity index (χ0n) is 17.3. The maximum atomic E-state index is 11.2. The van der Waals surface area contributed by atoms with E-state index in [1.807, 2.05) is 66.7 Å². The molecule has 4 rings (SSSR count). The number of carboxylic acids is 1. The van der Waals surface area contributed by atoms with Gasteiger partial charge in [-0.05, 0) is 54.4 Å². The first-order chi connectivity index (χ1) is 15.6. The number of aromatic nitrogens is 2. The highest BCUT2D eigenvalue weighted by atomic mass is 16.5. The number of likely N-dealkylation sites (N-methyl/N-ethyl adjacent to an activating group) is 1. The van der Waals surface area contributed by atoms with E-state index in [2.05, 4.69) is 21.5 Å². The van der Waals surface area contributed by atoms with Gasteiger partial charge in [-0.1, -0.05) is 53.7 Å². The molecule has 0 aliphatic carbocycles. The summed E-state index contributed by atoms with van der Waals surface area (Å²) in [6.45, 7) is 0. The predicted octanol–water partition coefficient (Wildman–Crippen LogP) is 4.16. The molecule has 1 heterocycles. The molecule has 158 valence electrons. The van der Waals surface area contributed by atoms with Gasteiger partial charge in [0.1, 0.15) is 6.04 Å². The lowest BCUT2D eigenvalue weighted by molar-refractivity contribution is -0.139. The molecule has 0 radical (unpaired) electrons. The number of carbonyl (C=O) groups is 1. The van der Waals surface area contributed by atoms with Crippen molar-refractivity contribution in [2.75, 3.05) is 7.05 Å². The Hall–Kier alpha value is -4.28. The van der Waals surface area contributed by atoms with Gasteiger partial charge in [0.15, 0.2) is 0 Å². The molecule has 32 heavy (non-hydrogen) atoms. The highest BCUT2D eigenvalue weighted by molar-refractivity contribution is 5.74. The van der Waals surface area contributed by atoms with Crippen LogP contribution in [0.1, 0.15) is 11.1 Å². The average Bonchev–Trinajstić information content (AvgIpc) is 3.33. The van der Waals surface area contributed by atoms with Gasteiger partial charge in [-0.2, -0.15) is 10.2 Å². The van der Waals surface area contributed by atoms with Crippen LogP contribution < -0.4 is 5.32 Å². The van der Waals surface area contributed by atoms with E-state index >= 15 is 0 Å². The Balaban J connectivity index is 1.50. The van der Waals surface area contributed by atoms with Crippen LogP contribution in [0.25, 0.3) is 34.0 Å². The van der Waals surface area contributed by atoms with E-state index in [-0.39, 0.29) is 0 Å². The third-order valence-electron chi connectivity index (χ3n) is 5.18. The molecule has 0 aliphatic heterocycles. The fourth-order valence-electron chi connectivity index (χ4n) is 3.37. The van der Waals surface area contributed by atoms with E-state index in [1.165, 1.54) is 0 Å². The van der Waals surface area contributed by atoms with Crippen molar-refractivity contribution in [3.8, 4) is 40.0 Å². The number of aliphatic carboxylic acids is 1. The Morgan fingerprint density at radius 2 is 1.72 bits per heavy atom. The summed E-state index contributed by atoms with van der Waals surface area (Å²) in [7, 11) is 1.63. The molecular formula is C25H20N4O3. The van der Waals surface area contributed by atoms with Crippen LogP contribution in [0.3, 0.4) is 0 Å². The normalized spacial score (nSPS) is 11.6. The van der Waals surface area contributed by atoms with E-state index in [0.29, 0.717) is 23.7 Å². The molecule has 1 atom stereocenters. The fraction of sp³-hybridized carbons (Fsp3) is 0.120. The number of carboxylic acid groups (broad SMARTS) is 1. The zero-order valence-corrected chi connectivity index (χ0v) is 17.3. The molecule has 7 nitrogen and oxygen atoms in total. The fourth-order valence-corrected chi connectivity index (χ4v) is 3.37. The van der Waals surface area contributed by atoms with Gasteiger partial charge < -0.3 is 14.9 Å². The number of hydrogen-bond acceptors (Lipinski definition) is 6. The first kappa shape index (κ1) is 21.0. The third kappa shape index (κ3) is 4.56. The Morgan fingerprint density at radius 3 is 2.38 bits per heavy atom. The maximum Gasteiger partial charge on any atom is 0.321 e. The van der Waals surface area contributed by atoms with Crippen LogP contribution in [0.15, 0.2) is 77.3 Å². The van der Waals surface area contributed by atoms with Crippen molar-refractivity contribution in [2.24, 2.45) is 0 Å². The first-order valence-corrected chi connectivity index (χ1v) is 10.0. The lowest BCUT2D eigenvalue weighted by atomic mass is 10.0. The van der Waals surface area contributed by atoms with Crippen molar-refractivity contribution in [1.82, 2.24) is 15.5 Å². The molecule has 0 spiro atoms. The van der Waals surface area contributed by atoms with Crippen LogP contribution in [0.4, 0.5) is 0 Å². The summed E-state index contributed by atoms with van der Waals surface area (Å²) in [6.07, 6.45) is 0.382. The smallest absolute Gasteiger partial charge is 0.321 e. The number of rotatable bonds is 7. The van der Waals surface area contributed by atoms with E-state index in [4.69, 9.17) is 9.78 Å². The summed E-state index contributed by atoms with van der Waals surface area (Å²) in [5.74, 6) is -0.0218. The second kappa shape index (κ2) is 9.25. The minimum atomic E-state index is -0.886. The third-order valence-corrected chi connectivity index (χ3v) is 5.18. The lowest BCUT2D eigenvalue weighted by Gasteiger charge is -2.10. The molecule has 7 heteroatoms. The van der Waals surface area contributed by atoms with Crippen molar-refractivity contribution in [3.05, 3.63) is 83.9 Å². The highest BCUT2D eigenvalue weighted by Crippen LogP contribution is 2.26. The minimum Gasteiger partial charge on any atom is -0.480 e. The van der Waals surface area contributed by atoms with Crippen molar-refractivity contribution < 1.29 is 14.4 Å². The molecule has 0 fully saturated rings. The zero-order chi connectivity index (χ0) is 22.5. The van der Waals surface area contributed by atoms with Gasteiger partial charge in [0.2, 0.25) is 5.82 Å². The van der Waals surface area contributed by atoms with Gasteiger partial charge in [-0.15, -0.1) is 0 Å². The average molecular weight is 424 g/mol. The van der Waals surface area contributed by atoms with Crippen LogP contribution in [-0.4, -0.2) is 34.3 Å². The second-order valence-electron chi connectivity index (χ2n) is 7.27.